The van der Waals surface area contributed by atoms with Crippen LogP contribution in [-0.2, 0) is 6.54 Å². The number of hydrogen-bond donors (Lipinski definition) is 0. The number of oxazole rings is 1. The van der Waals surface area contributed by atoms with Gasteiger partial charge in [0, 0.05) is 26.7 Å². The lowest BCUT2D eigenvalue weighted by Gasteiger charge is -2.02. The molecule has 3 aromatic carbocycles. The lowest BCUT2D eigenvalue weighted by molar-refractivity contribution is 0.469. The fourth-order valence-corrected chi connectivity index (χ4v) is 3.58. The van der Waals surface area contributed by atoms with Crippen LogP contribution in [0.5, 0.6) is 0 Å². The number of hydrogen-bond acceptors (Lipinski definition) is 4. The minimum Gasteiger partial charge on any atom is -0.438 e. The maximum Gasteiger partial charge on any atom is 0.217 e. The summed E-state index contributed by atoms with van der Waals surface area (Å²) in [7, 11) is 0. The van der Waals surface area contributed by atoms with Crippen LogP contribution in [0, 0.1) is 5.82 Å². The maximum absolute atomic E-state index is 13.5. The summed E-state index contributed by atoms with van der Waals surface area (Å²) < 4.78 is 21.3. The zero-order valence-electron chi connectivity index (χ0n) is 16.5. The van der Waals surface area contributed by atoms with E-state index in [1.807, 2.05) is 24.3 Å². The third-order valence-electron chi connectivity index (χ3n) is 4.85. The molecule has 0 unspecified atom stereocenters. The molecule has 158 valence electrons. The molecule has 0 spiro atoms. The van der Waals surface area contributed by atoms with Crippen molar-refractivity contribution in [1.29, 1.82) is 0 Å². The van der Waals surface area contributed by atoms with Crippen molar-refractivity contribution in [3.05, 3.63) is 101 Å². The SMILES string of the molecule is Fc1cccc(-c2cn(Cc3nc(-c4ccc(Cl)cc4)c(-c4ccc(Cl)cc4)o3)nn2)c1. The second kappa shape index (κ2) is 8.57. The molecule has 0 atom stereocenters. The Labute approximate surface area is 193 Å². The zero-order valence-corrected chi connectivity index (χ0v) is 18.1. The lowest BCUT2D eigenvalue weighted by atomic mass is 10.1. The molecule has 0 aliphatic rings. The Bertz CT molecular complexity index is 1320. The van der Waals surface area contributed by atoms with E-state index >= 15 is 0 Å². The van der Waals surface area contributed by atoms with Gasteiger partial charge >= 0.3 is 0 Å². The normalized spacial score (nSPS) is 11.1. The Balaban J connectivity index is 1.50. The fraction of sp³-hybridized carbons (Fsp3) is 0.0417. The summed E-state index contributed by atoms with van der Waals surface area (Å²) in [6.45, 7) is 0.260. The van der Waals surface area contributed by atoms with Crippen LogP contribution in [0.1, 0.15) is 5.89 Å². The summed E-state index contributed by atoms with van der Waals surface area (Å²) in [5, 5.41) is 9.54. The van der Waals surface area contributed by atoms with E-state index in [1.54, 1.807) is 47.3 Å². The van der Waals surface area contributed by atoms with Gasteiger partial charge in [-0.1, -0.05) is 52.7 Å². The molecule has 0 amide bonds. The van der Waals surface area contributed by atoms with Gasteiger partial charge in [-0.3, -0.25) is 0 Å². The molecule has 5 rings (SSSR count). The van der Waals surface area contributed by atoms with Crippen LogP contribution in [0.15, 0.2) is 83.4 Å². The van der Waals surface area contributed by atoms with Gasteiger partial charge in [-0.15, -0.1) is 5.10 Å². The Morgan fingerprint density at radius 2 is 1.53 bits per heavy atom. The lowest BCUT2D eigenvalue weighted by Crippen LogP contribution is -2.00. The van der Waals surface area contributed by atoms with Crippen molar-refractivity contribution in [2.24, 2.45) is 0 Å². The third kappa shape index (κ3) is 4.28. The molecule has 0 radical (unpaired) electrons. The van der Waals surface area contributed by atoms with Gasteiger partial charge in [-0.25, -0.2) is 14.1 Å². The fourth-order valence-electron chi connectivity index (χ4n) is 3.33. The molecule has 0 saturated heterocycles. The van der Waals surface area contributed by atoms with Crippen molar-refractivity contribution in [3.63, 3.8) is 0 Å². The van der Waals surface area contributed by atoms with E-state index < -0.39 is 0 Å². The molecule has 0 bridgehead atoms. The van der Waals surface area contributed by atoms with Gasteiger partial charge in [0.2, 0.25) is 5.89 Å². The topological polar surface area (TPSA) is 56.7 Å². The van der Waals surface area contributed by atoms with E-state index in [1.165, 1.54) is 12.1 Å². The van der Waals surface area contributed by atoms with Crippen molar-refractivity contribution in [2.75, 3.05) is 0 Å². The number of benzene rings is 3. The first-order chi connectivity index (χ1) is 15.5. The molecular weight excluding hydrogens is 450 g/mol. The first-order valence-electron chi connectivity index (χ1n) is 9.73. The van der Waals surface area contributed by atoms with Crippen LogP contribution < -0.4 is 0 Å². The van der Waals surface area contributed by atoms with Crippen molar-refractivity contribution < 1.29 is 8.81 Å². The predicted molar refractivity (Wildman–Crippen MR) is 122 cm³/mol. The van der Waals surface area contributed by atoms with Gasteiger partial charge in [0.05, 0.1) is 6.20 Å². The van der Waals surface area contributed by atoms with Gasteiger partial charge in [0.15, 0.2) is 5.76 Å². The molecule has 0 N–H and O–H groups in total. The molecule has 0 aliphatic carbocycles. The predicted octanol–water partition coefficient (Wildman–Crippen LogP) is 6.76. The second-order valence-electron chi connectivity index (χ2n) is 7.11. The largest absolute Gasteiger partial charge is 0.438 e. The zero-order chi connectivity index (χ0) is 22.1. The van der Waals surface area contributed by atoms with Gasteiger partial charge in [0.25, 0.3) is 0 Å². The molecular formula is C24H15Cl2FN4O. The van der Waals surface area contributed by atoms with Crippen LogP contribution in [0.2, 0.25) is 10.0 Å². The van der Waals surface area contributed by atoms with Crippen molar-refractivity contribution in [1.82, 2.24) is 20.0 Å². The highest BCUT2D eigenvalue weighted by molar-refractivity contribution is 6.31. The summed E-state index contributed by atoms with van der Waals surface area (Å²) in [5.74, 6) is 0.741. The van der Waals surface area contributed by atoms with Gasteiger partial charge in [-0.2, -0.15) is 0 Å². The third-order valence-corrected chi connectivity index (χ3v) is 5.36. The second-order valence-corrected chi connectivity index (χ2v) is 7.98. The summed E-state index contributed by atoms with van der Waals surface area (Å²) in [4.78, 5) is 4.71. The van der Waals surface area contributed by atoms with E-state index in [0.29, 0.717) is 38.6 Å². The summed E-state index contributed by atoms with van der Waals surface area (Å²) >= 11 is 12.1. The van der Waals surface area contributed by atoms with E-state index in [-0.39, 0.29) is 12.4 Å². The van der Waals surface area contributed by atoms with Crippen molar-refractivity contribution in [3.8, 4) is 33.8 Å². The van der Waals surface area contributed by atoms with E-state index in [0.717, 1.165) is 11.1 Å². The van der Waals surface area contributed by atoms with Crippen molar-refractivity contribution in [2.45, 2.75) is 6.54 Å². The first kappa shape index (κ1) is 20.4. The highest BCUT2D eigenvalue weighted by Crippen LogP contribution is 2.34. The van der Waals surface area contributed by atoms with Crippen LogP contribution in [0.25, 0.3) is 33.8 Å². The smallest absolute Gasteiger partial charge is 0.217 e. The Morgan fingerprint density at radius 3 is 2.22 bits per heavy atom. The standard InChI is InChI=1S/C24H15Cl2FN4O/c25-18-8-4-15(5-9-18)23-24(16-6-10-19(26)11-7-16)32-22(28-23)14-31-13-21(29-30-31)17-2-1-3-20(27)12-17/h1-13H,14H2. The highest BCUT2D eigenvalue weighted by atomic mass is 35.5. The summed E-state index contributed by atoms with van der Waals surface area (Å²) in [5.41, 5.74) is 3.61. The van der Waals surface area contributed by atoms with Gasteiger partial charge in [-0.05, 0) is 48.5 Å². The Morgan fingerprint density at radius 1 is 0.844 bits per heavy atom. The highest BCUT2D eigenvalue weighted by Gasteiger charge is 2.18. The average molecular weight is 465 g/mol. The number of nitrogens with zero attached hydrogens (tertiary/aromatic N) is 4. The molecule has 2 aromatic heterocycles. The van der Waals surface area contributed by atoms with Crippen LogP contribution >= 0.6 is 23.2 Å². The van der Waals surface area contributed by atoms with Crippen LogP contribution in [-0.4, -0.2) is 20.0 Å². The molecule has 0 aliphatic heterocycles. The van der Waals surface area contributed by atoms with E-state index in [9.17, 15) is 4.39 Å². The molecule has 5 nitrogen and oxygen atoms in total. The quantitative estimate of drug-likeness (QED) is 0.288. The Hall–Kier alpha value is -3.48. The number of aromatic nitrogens is 4. The average Bonchev–Trinajstić information content (AvgIpc) is 3.43. The molecule has 0 saturated carbocycles. The maximum atomic E-state index is 13.5. The Kier molecular flexibility index (Phi) is 5.47. The van der Waals surface area contributed by atoms with Crippen LogP contribution in [0.4, 0.5) is 4.39 Å². The number of halogens is 3. The monoisotopic (exact) mass is 464 g/mol. The molecule has 2 heterocycles. The summed E-state index contributed by atoms with van der Waals surface area (Å²) in [6, 6.07) is 21.0. The van der Waals surface area contributed by atoms with Crippen LogP contribution in [0.3, 0.4) is 0 Å². The van der Waals surface area contributed by atoms with Gasteiger partial charge < -0.3 is 4.42 Å². The van der Waals surface area contributed by atoms with Crippen molar-refractivity contribution >= 4 is 23.2 Å². The minimum atomic E-state index is -0.329. The van der Waals surface area contributed by atoms with E-state index in [4.69, 9.17) is 32.6 Å². The molecule has 5 aromatic rings. The van der Waals surface area contributed by atoms with Gasteiger partial charge in [0.1, 0.15) is 23.7 Å². The number of rotatable bonds is 5. The molecule has 0 fully saturated rings. The first-order valence-corrected chi connectivity index (χ1v) is 10.5. The minimum absolute atomic E-state index is 0.260. The van der Waals surface area contributed by atoms with E-state index in [2.05, 4.69) is 10.3 Å². The summed E-state index contributed by atoms with van der Waals surface area (Å²) in [6.07, 6.45) is 1.73. The molecule has 32 heavy (non-hydrogen) atoms. The molecule has 8 heteroatoms.